The van der Waals surface area contributed by atoms with Crippen LogP contribution in [0.3, 0.4) is 0 Å². The summed E-state index contributed by atoms with van der Waals surface area (Å²) in [5, 5.41) is 1.01. The summed E-state index contributed by atoms with van der Waals surface area (Å²) in [6.07, 6.45) is 1.56. The van der Waals surface area contributed by atoms with Crippen LogP contribution >= 0.6 is 39.1 Å². The van der Waals surface area contributed by atoms with Gasteiger partial charge in [-0.3, -0.25) is 4.79 Å². The van der Waals surface area contributed by atoms with Crippen molar-refractivity contribution in [1.82, 2.24) is 0 Å². The largest absolute Gasteiger partial charge is 0.490 e. The molecule has 4 rings (SSSR count). The van der Waals surface area contributed by atoms with E-state index >= 15 is 0 Å². The standard InChI is InChI=1S/C26H24BrCl2NO6/c1-3-34-20-10-14(9-16(27)24(20)35-12-13-7-8-15(28)11-17(13)29)21-22-18(31)5-4-6-19(22)36-25(30)23(21)26(32)33-2/h7-11,21H,3-6,12,30H2,1-2H3/t21-/m1/s1. The van der Waals surface area contributed by atoms with Crippen molar-refractivity contribution in [2.75, 3.05) is 13.7 Å². The van der Waals surface area contributed by atoms with Crippen LogP contribution in [0.25, 0.3) is 0 Å². The summed E-state index contributed by atoms with van der Waals surface area (Å²) in [5.41, 5.74) is 7.99. The number of carbonyl (C=O) groups excluding carboxylic acids is 2. The number of esters is 1. The maximum atomic E-state index is 13.0. The molecule has 7 nitrogen and oxygen atoms in total. The normalized spacial score (nSPS) is 17.5. The van der Waals surface area contributed by atoms with E-state index in [0.29, 0.717) is 68.8 Å². The molecule has 0 radical (unpaired) electrons. The van der Waals surface area contributed by atoms with Crippen LogP contribution < -0.4 is 15.2 Å². The van der Waals surface area contributed by atoms with E-state index in [4.69, 9.17) is 47.9 Å². The van der Waals surface area contributed by atoms with Crippen molar-refractivity contribution in [2.45, 2.75) is 38.7 Å². The van der Waals surface area contributed by atoms with Gasteiger partial charge in [0.05, 0.1) is 24.1 Å². The Labute approximate surface area is 227 Å². The quantitative estimate of drug-likeness (QED) is 0.380. The Balaban J connectivity index is 1.78. The average Bonchev–Trinajstić information content (AvgIpc) is 2.83. The van der Waals surface area contributed by atoms with Crippen LogP contribution in [0.1, 0.15) is 43.2 Å². The number of Topliss-reactive ketones (excluding diaryl/α,β-unsaturated/α-hetero) is 1. The third-order valence-corrected chi connectivity index (χ3v) is 7.12. The molecule has 0 saturated carbocycles. The summed E-state index contributed by atoms with van der Waals surface area (Å²) in [4.78, 5) is 25.8. The van der Waals surface area contributed by atoms with Gasteiger partial charge in [0, 0.05) is 34.0 Å². The van der Waals surface area contributed by atoms with Gasteiger partial charge < -0.3 is 24.7 Å². The Morgan fingerprint density at radius 1 is 1.19 bits per heavy atom. The molecule has 1 aliphatic heterocycles. The van der Waals surface area contributed by atoms with Gasteiger partial charge in [0.1, 0.15) is 17.9 Å². The highest BCUT2D eigenvalue weighted by atomic mass is 79.9. The first-order valence-corrected chi connectivity index (χ1v) is 12.8. The Morgan fingerprint density at radius 3 is 2.67 bits per heavy atom. The van der Waals surface area contributed by atoms with Crippen molar-refractivity contribution >= 4 is 50.9 Å². The lowest BCUT2D eigenvalue weighted by atomic mass is 9.77. The molecule has 1 heterocycles. The van der Waals surface area contributed by atoms with Crippen molar-refractivity contribution in [3.05, 3.63) is 78.8 Å². The van der Waals surface area contributed by atoms with Gasteiger partial charge >= 0.3 is 5.97 Å². The van der Waals surface area contributed by atoms with E-state index in [1.165, 1.54) is 7.11 Å². The topological polar surface area (TPSA) is 97.1 Å². The summed E-state index contributed by atoms with van der Waals surface area (Å²) in [6.45, 7) is 2.37. The maximum absolute atomic E-state index is 13.0. The molecule has 10 heteroatoms. The van der Waals surface area contributed by atoms with Crippen LogP contribution in [0.2, 0.25) is 10.0 Å². The smallest absolute Gasteiger partial charge is 0.340 e. The van der Waals surface area contributed by atoms with E-state index < -0.39 is 11.9 Å². The molecule has 1 aliphatic carbocycles. The van der Waals surface area contributed by atoms with E-state index in [-0.39, 0.29) is 23.8 Å². The summed E-state index contributed by atoms with van der Waals surface area (Å²) in [7, 11) is 1.26. The van der Waals surface area contributed by atoms with Crippen LogP contribution in [0.15, 0.2) is 57.6 Å². The number of allylic oxidation sites excluding steroid dienone is 2. The van der Waals surface area contributed by atoms with Gasteiger partial charge in [0.25, 0.3) is 0 Å². The molecule has 0 unspecified atom stereocenters. The fourth-order valence-corrected chi connectivity index (χ4v) is 5.38. The highest BCUT2D eigenvalue weighted by molar-refractivity contribution is 9.10. The van der Waals surface area contributed by atoms with E-state index in [0.717, 1.165) is 5.56 Å². The molecule has 2 aromatic carbocycles. The molecule has 0 saturated heterocycles. The van der Waals surface area contributed by atoms with Gasteiger partial charge in [-0.05, 0) is 59.1 Å². The minimum Gasteiger partial charge on any atom is -0.490 e. The van der Waals surface area contributed by atoms with Gasteiger partial charge in [-0.2, -0.15) is 0 Å². The van der Waals surface area contributed by atoms with Crippen molar-refractivity contribution in [3.8, 4) is 11.5 Å². The van der Waals surface area contributed by atoms with Crippen LogP contribution in [0, 0.1) is 0 Å². The predicted octanol–water partition coefficient (Wildman–Crippen LogP) is 6.20. The van der Waals surface area contributed by atoms with Gasteiger partial charge in [0.2, 0.25) is 5.88 Å². The van der Waals surface area contributed by atoms with E-state index in [1.54, 1.807) is 30.3 Å². The molecule has 0 spiro atoms. The summed E-state index contributed by atoms with van der Waals surface area (Å²) < 4.78 is 23.2. The molecule has 2 aromatic rings. The van der Waals surface area contributed by atoms with Crippen molar-refractivity contribution < 1.29 is 28.5 Å². The third-order valence-electron chi connectivity index (χ3n) is 5.94. The molecule has 2 N–H and O–H groups in total. The second kappa shape index (κ2) is 11.2. The molecule has 0 amide bonds. The summed E-state index contributed by atoms with van der Waals surface area (Å²) >= 11 is 15.9. The number of ether oxygens (including phenoxy) is 4. The molecule has 0 fully saturated rings. The summed E-state index contributed by atoms with van der Waals surface area (Å²) in [6, 6.07) is 8.68. The number of hydrogen-bond acceptors (Lipinski definition) is 7. The number of methoxy groups -OCH3 is 1. The van der Waals surface area contributed by atoms with Crippen molar-refractivity contribution in [3.63, 3.8) is 0 Å². The zero-order valence-electron chi connectivity index (χ0n) is 19.7. The fraction of sp³-hybridized carbons (Fsp3) is 0.308. The number of ketones is 1. The van der Waals surface area contributed by atoms with Crippen LogP contribution in [-0.2, 0) is 25.7 Å². The highest BCUT2D eigenvalue weighted by Gasteiger charge is 2.41. The number of hydrogen-bond donors (Lipinski definition) is 1. The van der Waals surface area contributed by atoms with Gasteiger partial charge in [0.15, 0.2) is 17.3 Å². The van der Waals surface area contributed by atoms with Crippen molar-refractivity contribution in [2.24, 2.45) is 5.73 Å². The molecule has 0 aromatic heterocycles. The summed E-state index contributed by atoms with van der Waals surface area (Å²) in [5.74, 6) is -0.272. The minimum absolute atomic E-state index is 0.0717. The first-order chi connectivity index (χ1) is 17.2. The second-order valence-corrected chi connectivity index (χ2v) is 9.90. The zero-order chi connectivity index (χ0) is 26.0. The Bertz CT molecular complexity index is 1290. The predicted molar refractivity (Wildman–Crippen MR) is 139 cm³/mol. The lowest BCUT2D eigenvalue weighted by Gasteiger charge is -2.32. The molecule has 190 valence electrons. The number of nitrogens with two attached hydrogens (primary N) is 1. The number of carbonyl (C=O) groups is 2. The van der Waals surface area contributed by atoms with Gasteiger partial charge in [-0.1, -0.05) is 29.3 Å². The fourth-order valence-electron chi connectivity index (χ4n) is 4.34. The Morgan fingerprint density at radius 2 is 1.97 bits per heavy atom. The molecule has 36 heavy (non-hydrogen) atoms. The van der Waals surface area contributed by atoms with Gasteiger partial charge in [-0.15, -0.1) is 0 Å². The monoisotopic (exact) mass is 595 g/mol. The zero-order valence-corrected chi connectivity index (χ0v) is 22.8. The molecule has 0 bridgehead atoms. The third kappa shape index (κ3) is 5.21. The number of halogens is 3. The first-order valence-electron chi connectivity index (χ1n) is 11.3. The maximum Gasteiger partial charge on any atom is 0.340 e. The Kier molecular flexibility index (Phi) is 8.17. The lowest BCUT2D eigenvalue weighted by molar-refractivity contribution is -0.136. The highest BCUT2D eigenvalue weighted by Crippen LogP contribution is 2.47. The van der Waals surface area contributed by atoms with E-state index in [1.807, 2.05) is 6.92 Å². The van der Waals surface area contributed by atoms with E-state index in [2.05, 4.69) is 15.9 Å². The lowest BCUT2D eigenvalue weighted by Crippen LogP contribution is -2.31. The number of benzene rings is 2. The van der Waals surface area contributed by atoms with Crippen LogP contribution in [0.5, 0.6) is 11.5 Å². The van der Waals surface area contributed by atoms with Crippen LogP contribution in [-0.4, -0.2) is 25.5 Å². The van der Waals surface area contributed by atoms with Crippen LogP contribution in [0.4, 0.5) is 0 Å². The molecule has 2 aliphatic rings. The molecular weight excluding hydrogens is 573 g/mol. The Hall–Kier alpha value is -2.68. The second-order valence-electron chi connectivity index (χ2n) is 8.21. The number of rotatable bonds is 7. The van der Waals surface area contributed by atoms with E-state index in [9.17, 15) is 9.59 Å². The van der Waals surface area contributed by atoms with Crippen molar-refractivity contribution in [1.29, 1.82) is 0 Å². The average molecular weight is 597 g/mol. The molecular formula is C26H24BrCl2NO6. The SMILES string of the molecule is CCOc1cc([C@H]2C(C(=O)OC)=C(N)OC3=C2C(=O)CCC3)cc(Br)c1OCc1ccc(Cl)cc1Cl. The first kappa shape index (κ1) is 26.4. The molecule has 1 atom stereocenters. The van der Waals surface area contributed by atoms with Gasteiger partial charge in [-0.25, -0.2) is 4.79 Å². The minimum atomic E-state index is -0.774.